The SMILES string of the molecule is CN(C)NCc1ccnc2ccccc12. The Kier molecular flexibility index (Phi) is 2.94. The molecule has 0 unspecified atom stereocenters. The maximum Gasteiger partial charge on any atom is 0.0705 e. The van der Waals surface area contributed by atoms with Crippen LogP contribution in [0.15, 0.2) is 36.5 Å². The molecule has 2 aromatic rings. The van der Waals surface area contributed by atoms with E-state index in [9.17, 15) is 0 Å². The zero-order valence-electron chi connectivity index (χ0n) is 9.07. The Morgan fingerprint density at radius 1 is 1.20 bits per heavy atom. The zero-order valence-corrected chi connectivity index (χ0v) is 9.07. The van der Waals surface area contributed by atoms with E-state index in [0.717, 1.165) is 12.1 Å². The molecule has 0 aliphatic carbocycles. The number of hydrazine groups is 1. The minimum absolute atomic E-state index is 0.829. The van der Waals surface area contributed by atoms with Gasteiger partial charge in [-0.05, 0) is 17.7 Å². The molecule has 3 heteroatoms. The molecule has 15 heavy (non-hydrogen) atoms. The second-order valence-corrected chi connectivity index (χ2v) is 3.72. The fourth-order valence-corrected chi connectivity index (χ4v) is 1.55. The second kappa shape index (κ2) is 4.38. The van der Waals surface area contributed by atoms with Gasteiger partial charge in [-0.15, -0.1) is 0 Å². The van der Waals surface area contributed by atoms with E-state index in [1.54, 1.807) is 0 Å². The summed E-state index contributed by atoms with van der Waals surface area (Å²) in [7, 11) is 3.98. The topological polar surface area (TPSA) is 28.2 Å². The highest BCUT2D eigenvalue weighted by molar-refractivity contribution is 5.81. The molecule has 0 atom stereocenters. The summed E-state index contributed by atoms with van der Waals surface area (Å²) in [6.45, 7) is 0.829. The van der Waals surface area contributed by atoms with Crippen molar-refractivity contribution >= 4 is 10.9 Å². The van der Waals surface area contributed by atoms with Crippen LogP contribution in [0.25, 0.3) is 10.9 Å². The normalized spacial score (nSPS) is 11.1. The molecule has 3 nitrogen and oxygen atoms in total. The highest BCUT2D eigenvalue weighted by Crippen LogP contribution is 2.15. The Morgan fingerprint density at radius 3 is 2.80 bits per heavy atom. The third-order valence-corrected chi connectivity index (χ3v) is 2.33. The van der Waals surface area contributed by atoms with Crippen molar-refractivity contribution in [2.24, 2.45) is 0 Å². The fraction of sp³-hybridized carbons (Fsp3) is 0.250. The molecule has 1 N–H and O–H groups in total. The van der Waals surface area contributed by atoms with E-state index >= 15 is 0 Å². The van der Waals surface area contributed by atoms with E-state index in [4.69, 9.17) is 0 Å². The Hall–Kier alpha value is -1.45. The van der Waals surface area contributed by atoms with Crippen LogP contribution in [-0.4, -0.2) is 24.1 Å². The lowest BCUT2D eigenvalue weighted by atomic mass is 10.1. The van der Waals surface area contributed by atoms with Crippen molar-refractivity contribution in [2.75, 3.05) is 14.1 Å². The number of hydrogen-bond donors (Lipinski definition) is 1. The summed E-state index contributed by atoms with van der Waals surface area (Å²) in [6.07, 6.45) is 1.86. The van der Waals surface area contributed by atoms with Gasteiger partial charge in [0.1, 0.15) is 0 Å². The summed E-state index contributed by atoms with van der Waals surface area (Å²) in [5.41, 5.74) is 5.58. The Labute approximate surface area is 89.7 Å². The van der Waals surface area contributed by atoms with Crippen molar-refractivity contribution in [2.45, 2.75) is 6.54 Å². The average molecular weight is 201 g/mol. The third-order valence-electron chi connectivity index (χ3n) is 2.33. The number of benzene rings is 1. The predicted octanol–water partition coefficient (Wildman–Crippen LogP) is 1.80. The summed E-state index contributed by atoms with van der Waals surface area (Å²) in [4.78, 5) is 4.33. The van der Waals surface area contributed by atoms with Crippen molar-refractivity contribution in [1.29, 1.82) is 0 Å². The molecular formula is C12H15N3. The summed E-state index contributed by atoms with van der Waals surface area (Å²) in [6, 6.07) is 10.3. The molecule has 0 saturated carbocycles. The lowest BCUT2D eigenvalue weighted by molar-refractivity contribution is 0.286. The monoisotopic (exact) mass is 201 g/mol. The number of rotatable bonds is 3. The molecule has 0 bridgehead atoms. The molecular weight excluding hydrogens is 186 g/mol. The van der Waals surface area contributed by atoms with Gasteiger partial charge in [0, 0.05) is 32.2 Å². The van der Waals surface area contributed by atoms with Crippen LogP contribution in [0.1, 0.15) is 5.56 Å². The minimum atomic E-state index is 0.829. The first-order valence-electron chi connectivity index (χ1n) is 5.01. The summed E-state index contributed by atoms with van der Waals surface area (Å²) < 4.78 is 0. The van der Waals surface area contributed by atoms with Crippen LogP contribution in [0.5, 0.6) is 0 Å². The van der Waals surface area contributed by atoms with Crippen molar-refractivity contribution < 1.29 is 0 Å². The van der Waals surface area contributed by atoms with Crippen LogP contribution >= 0.6 is 0 Å². The maximum absolute atomic E-state index is 4.33. The number of pyridine rings is 1. The van der Waals surface area contributed by atoms with Gasteiger partial charge in [0.05, 0.1) is 5.52 Å². The van der Waals surface area contributed by atoms with E-state index in [1.807, 2.05) is 43.5 Å². The average Bonchev–Trinajstić information content (AvgIpc) is 2.26. The Bertz CT molecular complexity index is 446. The number of hydrogen-bond acceptors (Lipinski definition) is 3. The van der Waals surface area contributed by atoms with Gasteiger partial charge < -0.3 is 0 Å². The number of para-hydroxylation sites is 1. The Morgan fingerprint density at radius 2 is 2.00 bits per heavy atom. The van der Waals surface area contributed by atoms with Gasteiger partial charge in [0.15, 0.2) is 0 Å². The molecule has 0 fully saturated rings. The van der Waals surface area contributed by atoms with Crippen LogP contribution < -0.4 is 5.43 Å². The highest BCUT2D eigenvalue weighted by atomic mass is 15.5. The molecule has 0 aliphatic rings. The summed E-state index contributed by atoms with van der Waals surface area (Å²) in [5, 5.41) is 3.17. The highest BCUT2D eigenvalue weighted by Gasteiger charge is 2.00. The van der Waals surface area contributed by atoms with Gasteiger partial charge in [0.25, 0.3) is 0 Å². The standard InChI is InChI=1S/C12H15N3/c1-15(2)14-9-10-7-8-13-12-6-4-3-5-11(10)12/h3-8,14H,9H2,1-2H3. The first-order chi connectivity index (χ1) is 7.27. The van der Waals surface area contributed by atoms with Crippen molar-refractivity contribution in [3.05, 3.63) is 42.1 Å². The quantitative estimate of drug-likeness (QED) is 0.767. The lowest BCUT2D eigenvalue weighted by Crippen LogP contribution is -2.29. The molecule has 0 radical (unpaired) electrons. The molecule has 1 aromatic carbocycles. The van der Waals surface area contributed by atoms with E-state index in [0.29, 0.717) is 0 Å². The molecule has 0 aliphatic heterocycles. The number of nitrogens with one attached hydrogen (secondary N) is 1. The number of aromatic nitrogens is 1. The fourth-order valence-electron chi connectivity index (χ4n) is 1.55. The van der Waals surface area contributed by atoms with Gasteiger partial charge in [-0.1, -0.05) is 18.2 Å². The summed E-state index contributed by atoms with van der Waals surface area (Å²) >= 11 is 0. The number of fused-ring (bicyclic) bond motifs is 1. The van der Waals surface area contributed by atoms with E-state index in [-0.39, 0.29) is 0 Å². The largest absolute Gasteiger partial charge is 0.256 e. The molecule has 0 spiro atoms. The molecule has 0 saturated heterocycles. The van der Waals surface area contributed by atoms with Gasteiger partial charge in [-0.25, -0.2) is 0 Å². The lowest BCUT2D eigenvalue weighted by Gasteiger charge is -2.12. The molecule has 78 valence electrons. The second-order valence-electron chi connectivity index (χ2n) is 3.72. The van der Waals surface area contributed by atoms with Gasteiger partial charge >= 0.3 is 0 Å². The van der Waals surface area contributed by atoms with Crippen LogP contribution in [0, 0.1) is 0 Å². The van der Waals surface area contributed by atoms with Crippen LogP contribution in [0.2, 0.25) is 0 Å². The predicted molar refractivity (Wildman–Crippen MR) is 62.3 cm³/mol. The first-order valence-corrected chi connectivity index (χ1v) is 5.01. The summed E-state index contributed by atoms with van der Waals surface area (Å²) in [5.74, 6) is 0. The van der Waals surface area contributed by atoms with Gasteiger partial charge in [0.2, 0.25) is 0 Å². The minimum Gasteiger partial charge on any atom is -0.256 e. The molecule has 2 rings (SSSR count). The van der Waals surface area contributed by atoms with Crippen LogP contribution in [0.4, 0.5) is 0 Å². The van der Waals surface area contributed by atoms with Crippen molar-refractivity contribution in [3.8, 4) is 0 Å². The Balaban J connectivity index is 2.34. The van der Waals surface area contributed by atoms with Gasteiger partial charge in [-0.3, -0.25) is 15.4 Å². The van der Waals surface area contributed by atoms with Crippen LogP contribution in [-0.2, 0) is 6.54 Å². The smallest absolute Gasteiger partial charge is 0.0705 e. The van der Waals surface area contributed by atoms with E-state index in [2.05, 4.69) is 22.5 Å². The van der Waals surface area contributed by atoms with Crippen molar-refractivity contribution in [3.63, 3.8) is 0 Å². The first kappa shape index (κ1) is 10.1. The number of nitrogens with zero attached hydrogens (tertiary/aromatic N) is 2. The van der Waals surface area contributed by atoms with E-state index < -0.39 is 0 Å². The van der Waals surface area contributed by atoms with Gasteiger partial charge in [-0.2, -0.15) is 0 Å². The zero-order chi connectivity index (χ0) is 10.7. The molecule has 0 amide bonds. The maximum atomic E-state index is 4.33. The van der Waals surface area contributed by atoms with Crippen molar-refractivity contribution in [1.82, 2.24) is 15.4 Å². The van der Waals surface area contributed by atoms with Crippen LogP contribution in [0.3, 0.4) is 0 Å². The molecule has 1 aromatic heterocycles. The molecule has 1 heterocycles. The van der Waals surface area contributed by atoms with E-state index in [1.165, 1.54) is 10.9 Å². The third kappa shape index (κ3) is 2.32.